The van der Waals surface area contributed by atoms with Crippen LogP contribution in [-0.2, 0) is 19.7 Å². The van der Waals surface area contributed by atoms with E-state index in [0.29, 0.717) is 19.7 Å². The first-order valence-corrected chi connectivity index (χ1v) is 9.24. The predicted octanol–water partition coefficient (Wildman–Crippen LogP) is 0.843. The van der Waals surface area contributed by atoms with Crippen LogP contribution in [0.4, 0.5) is 0 Å². The molecule has 0 aromatic heterocycles. The van der Waals surface area contributed by atoms with Crippen molar-refractivity contribution in [3.05, 3.63) is 0 Å². The Hall–Kier alpha value is -0.210. The maximum absolute atomic E-state index is 12.3. The molecule has 2 saturated heterocycles. The summed E-state index contributed by atoms with van der Waals surface area (Å²) in [6.07, 6.45) is 5.30. The van der Waals surface area contributed by atoms with Crippen molar-refractivity contribution >= 4 is 10.2 Å². The summed E-state index contributed by atoms with van der Waals surface area (Å²) < 4.78 is 39.3. The lowest BCUT2D eigenvalue weighted by Crippen LogP contribution is -2.52. The van der Waals surface area contributed by atoms with E-state index < -0.39 is 10.2 Å². The van der Waals surface area contributed by atoms with Crippen LogP contribution in [0, 0.1) is 5.92 Å². The number of hydrogen-bond donors (Lipinski definition) is 0. The van der Waals surface area contributed by atoms with Gasteiger partial charge in [0.2, 0.25) is 0 Å². The molecule has 0 bridgehead atoms. The van der Waals surface area contributed by atoms with Crippen LogP contribution in [-0.4, -0.2) is 69.1 Å². The van der Waals surface area contributed by atoms with E-state index in [1.54, 1.807) is 18.4 Å². The van der Waals surface area contributed by atoms with Crippen LogP contribution in [0.1, 0.15) is 32.1 Å². The first-order chi connectivity index (χ1) is 9.91. The highest BCUT2D eigenvalue weighted by Gasteiger charge is 2.46. The van der Waals surface area contributed by atoms with Gasteiger partial charge in [-0.05, 0) is 31.6 Å². The SMILES string of the molecule is CN(C)S(=O)(=O)N1CCC[C@]2(C[C@@H](OCC3CC3)CO2)C1. The molecule has 1 aliphatic carbocycles. The minimum atomic E-state index is -3.35. The predicted molar refractivity (Wildman–Crippen MR) is 79.2 cm³/mol. The summed E-state index contributed by atoms with van der Waals surface area (Å²) >= 11 is 0. The van der Waals surface area contributed by atoms with Crippen LogP contribution in [0.3, 0.4) is 0 Å². The van der Waals surface area contributed by atoms with Crippen molar-refractivity contribution < 1.29 is 17.9 Å². The summed E-state index contributed by atoms with van der Waals surface area (Å²) in [6, 6.07) is 0. The van der Waals surface area contributed by atoms with E-state index >= 15 is 0 Å². The van der Waals surface area contributed by atoms with Gasteiger partial charge in [-0.15, -0.1) is 0 Å². The number of nitrogens with zero attached hydrogens (tertiary/aromatic N) is 2. The molecule has 3 aliphatic rings. The van der Waals surface area contributed by atoms with Crippen molar-refractivity contribution in [2.24, 2.45) is 5.92 Å². The second-order valence-corrected chi connectivity index (χ2v) is 8.97. The maximum Gasteiger partial charge on any atom is 0.281 e. The van der Waals surface area contributed by atoms with E-state index in [9.17, 15) is 8.42 Å². The summed E-state index contributed by atoms with van der Waals surface area (Å²) in [5, 5.41) is 0. The molecule has 2 heterocycles. The first-order valence-electron chi connectivity index (χ1n) is 7.84. The van der Waals surface area contributed by atoms with E-state index in [1.165, 1.54) is 17.1 Å². The molecule has 0 amide bonds. The Bertz CT molecular complexity index is 477. The Morgan fingerprint density at radius 3 is 2.81 bits per heavy atom. The topological polar surface area (TPSA) is 59.1 Å². The molecule has 6 nitrogen and oxygen atoms in total. The van der Waals surface area contributed by atoms with Gasteiger partial charge in [-0.25, -0.2) is 0 Å². The zero-order chi connectivity index (χ0) is 15.1. The molecule has 7 heteroatoms. The number of ether oxygens (including phenoxy) is 2. The highest BCUT2D eigenvalue weighted by Crippen LogP contribution is 2.38. The van der Waals surface area contributed by atoms with Crippen molar-refractivity contribution in [2.45, 2.75) is 43.8 Å². The van der Waals surface area contributed by atoms with Crippen LogP contribution >= 0.6 is 0 Å². The molecule has 1 saturated carbocycles. The maximum atomic E-state index is 12.3. The number of hydrogen-bond acceptors (Lipinski definition) is 4. The summed E-state index contributed by atoms with van der Waals surface area (Å²) in [5.41, 5.74) is -0.338. The fourth-order valence-electron chi connectivity index (χ4n) is 3.24. The molecule has 2 atom stereocenters. The number of piperidine rings is 1. The molecule has 3 rings (SSSR count). The Labute approximate surface area is 127 Å². The molecule has 2 aliphatic heterocycles. The van der Waals surface area contributed by atoms with Gasteiger partial charge in [0.15, 0.2) is 0 Å². The number of rotatable bonds is 5. The van der Waals surface area contributed by atoms with E-state index in [4.69, 9.17) is 9.47 Å². The highest BCUT2D eigenvalue weighted by molar-refractivity contribution is 7.86. The minimum absolute atomic E-state index is 0.132. The van der Waals surface area contributed by atoms with Crippen LogP contribution in [0.5, 0.6) is 0 Å². The normalized spacial score (nSPS) is 34.9. The summed E-state index contributed by atoms with van der Waals surface area (Å²) in [6.45, 7) is 2.47. The second-order valence-electron chi connectivity index (χ2n) is 6.82. The Balaban J connectivity index is 1.60. The zero-order valence-corrected chi connectivity index (χ0v) is 13.8. The van der Waals surface area contributed by atoms with Crippen molar-refractivity contribution in [2.75, 3.05) is 40.4 Å². The summed E-state index contributed by atoms with van der Waals surface area (Å²) in [5.74, 6) is 0.749. The molecule has 0 aromatic carbocycles. The monoisotopic (exact) mass is 318 g/mol. The van der Waals surface area contributed by atoms with Gasteiger partial charge in [0.05, 0.1) is 18.3 Å². The molecule has 122 valence electrons. The molecule has 0 N–H and O–H groups in total. The molecule has 0 aromatic rings. The lowest BCUT2D eigenvalue weighted by atomic mass is 9.90. The first kappa shape index (κ1) is 15.7. The third-order valence-electron chi connectivity index (χ3n) is 4.73. The van der Waals surface area contributed by atoms with Gasteiger partial charge in [-0.2, -0.15) is 17.0 Å². The zero-order valence-electron chi connectivity index (χ0n) is 13.0. The fourth-order valence-corrected chi connectivity index (χ4v) is 4.46. The molecular weight excluding hydrogens is 292 g/mol. The largest absolute Gasteiger partial charge is 0.375 e. The molecule has 21 heavy (non-hydrogen) atoms. The van der Waals surface area contributed by atoms with Gasteiger partial charge in [0.1, 0.15) is 0 Å². The van der Waals surface area contributed by atoms with Gasteiger partial charge >= 0.3 is 0 Å². The standard InChI is InChI=1S/C14H26N2O4S/c1-15(2)21(17,18)16-7-3-6-14(11-16)8-13(10-20-14)19-9-12-4-5-12/h12-13H,3-11H2,1-2H3/t13-,14+/m1/s1. The van der Waals surface area contributed by atoms with E-state index in [1.807, 2.05) is 0 Å². The van der Waals surface area contributed by atoms with Crippen molar-refractivity contribution in [1.29, 1.82) is 0 Å². The Morgan fingerprint density at radius 2 is 2.14 bits per heavy atom. The minimum Gasteiger partial charge on any atom is -0.375 e. The molecule has 3 fully saturated rings. The van der Waals surface area contributed by atoms with Crippen LogP contribution in [0.25, 0.3) is 0 Å². The fraction of sp³-hybridized carbons (Fsp3) is 1.00. The van der Waals surface area contributed by atoms with Crippen molar-refractivity contribution in [3.8, 4) is 0 Å². The molecule has 1 spiro atoms. The Morgan fingerprint density at radius 1 is 1.38 bits per heavy atom. The van der Waals surface area contributed by atoms with Crippen molar-refractivity contribution in [1.82, 2.24) is 8.61 Å². The average Bonchev–Trinajstić information content (AvgIpc) is 3.20. The highest BCUT2D eigenvalue weighted by atomic mass is 32.2. The van der Waals surface area contributed by atoms with Gasteiger partial charge in [-0.1, -0.05) is 0 Å². The lowest BCUT2D eigenvalue weighted by molar-refractivity contribution is -0.0364. The molecular formula is C14H26N2O4S. The van der Waals surface area contributed by atoms with Crippen LogP contribution in [0.2, 0.25) is 0 Å². The van der Waals surface area contributed by atoms with Crippen LogP contribution in [0.15, 0.2) is 0 Å². The average molecular weight is 318 g/mol. The Kier molecular flexibility index (Phi) is 4.31. The second kappa shape index (κ2) is 5.77. The van der Waals surface area contributed by atoms with E-state index in [2.05, 4.69) is 0 Å². The third kappa shape index (κ3) is 3.42. The summed E-state index contributed by atoms with van der Waals surface area (Å²) in [7, 11) is -0.197. The lowest BCUT2D eigenvalue weighted by Gasteiger charge is -2.39. The van der Waals surface area contributed by atoms with Gasteiger partial charge in [0, 0.05) is 40.2 Å². The molecule has 0 radical (unpaired) electrons. The smallest absolute Gasteiger partial charge is 0.281 e. The summed E-state index contributed by atoms with van der Waals surface area (Å²) in [4.78, 5) is 0. The van der Waals surface area contributed by atoms with Gasteiger partial charge < -0.3 is 9.47 Å². The van der Waals surface area contributed by atoms with E-state index in [0.717, 1.165) is 31.8 Å². The van der Waals surface area contributed by atoms with E-state index in [-0.39, 0.29) is 11.7 Å². The third-order valence-corrected chi connectivity index (χ3v) is 6.62. The molecule has 0 unspecified atom stereocenters. The van der Waals surface area contributed by atoms with Gasteiger partial charge in [0.25, 0.3) is 10.2 Å². The van der Waals surface area contributed by atoms with Gasteiger partial charge in [-0.3, -0.25) is 0 Å². The van der Waals surface area contributed by atoms with Crippen molar-refractivity contribution in [3.63, 3.8) is 0 Å². The quantitative estimate of drug-likeness (QED) is 0.754. The van der Waals surface area contributed by atoms with Crippen LogP contribution < -0.4 is 0 Å².